The Kier molecular flexibility index (Phi) is 14.4. The Morgan fingerprint density at radius 1 is 0.571 bits per heavy atom. The highest BCUT2D eigenvalue weighted by molar-refractivity contribution is 5.73. The fourth-order valence-electron chi connectivity index (χ4n) is 6.30. The summed E-state index contributed by atoms with van der Waals surface area (Å²) in [6, 6.07) is -1.55. The SMILES string of the molecule is COCC1O[C@@H](O[C@@H]2C(CO)OC(C)[C@@H](O)C2O)[C@@H](O)C(O[C@@H]2OC(CO)[C@@H](O[C@@H]3OC(CO)[C@H](O)C(O)[C@@H]3O)C(O)[C@@H]2NC(C)=O)[C@H]1O. The fourth-order valence-corrected chi connectivity index (χ4v) is 6.30. The van der Waals surface area contributed by atoms with Crippen molar-refractivity contribution >= 4 is 5.91 Å². The van der Waals surface area contributed by atoms with Crippen LogP contribution in [0.15, 0.2) is 0 Å². The molecule has 1 amide bonds. The molecule has 0 bridgehead atoms. The van der Waals surface area contributed by atoms with Gasteiger partial charge in [0.25, 0.3) is 0 Å². The number of nitrogens with one attached hydrogen (secondary N) is 1. The minimum atomic E-state index is -1.90. The van der Waals surface area contributed by atoms with E-state index < -0.39 is 148 Å². The molecule has 9 unspecified atom stereocenters. The molecule has 12 N–H and O–H groups in total. The molecule has 0 aromatic rings. The molecule has 0 radical (unpaired) electrons. The standard InChI is InChI=1S/C28H49NO20/c1-8-15(34)20(39)24(11(5-31)43-8)48-28-22(41)25(17(36)13(46-28)7-42-3)49-26-14(29-9(2)33)18(37)23(12(6-32)45-26)47-27-21(40)19(38)16(35)10(4-30)44-27/h8,10-28,30-32,34-41H,4-7H2,1-3H3,(H,29,33)/t8?,10?,11?,12?,13?,14-,15+,16-,17-,18?,19?,20?,21-,22-,23+,24+,25?,26-,27-,28-/m0/s1. The van der Waals surface area contributed by atoms with Gasteiger partial charge in [0.05, 0.1) is 32.5 Å². The van der Waals surface area contributed by atoms with Crippen molar-refractivity contribution in [2.24, 2.45) is 0 Å². The van der Waals surface area contributed by atoms with Crippen molar-refractivity contribution in [2.45, 2.75) is 136 Å². The average Bonchev–Trinajstić information content (AvgIpc) is 3.07. The first-order chi connectivity index (χ1) is 23.2. The number of amides is 1. The summed E-state index contributed by atoms with van der Waals surface area (Å²) in [5.74, 6) is -0.712. The number of aliphatic hydroxyl groups is 11. The van der Waals surface area contributed by atoms with Crippen molar-refractivity contribution in [2.75, 3.05) is 33.5 Å². The summed E-state index contributed by atoms with van der Waals surface area (Å²) in [5, 5.41) is 118. The predicted molar refractivity (Wildman–Crippen MR) is 154 cm³/mol. The lowest BCUT2D eigenvalue weighted by Gasteiger charge is -2.50. The zero-order valence-corrected chi connectivity index (χ0v) is 27.0. The van der Waals surface area contributed by atoms with Gasteiger partial charge < -0.3 is 99.4 Å². The predicted octanol–water partition coefficient (Wildman–Crippen LogP) is -7.88. The second-order valence-corrected chi connectivity index (χ2v) is 12.5. The number of carbonyl (C=O) groups is 1. The zero-order chi connectivity index (χ0) is 36.3. The number of carbonyl (C=O) groups excluding carboxylic acids is 1. The molecule has 0 aromatic heterocycles. The van der Waals surface area contributed by atoms with Crippen LogP contribution in [-0.4, -0.2) is 218 Å². The third kappa shape index (κ3) is 8.68. The van der Waals surface area contributed by atoms with Crippen LogP contribution in [-0.2, 0) is 42.7 Å². The third-order valence-electron chi connectivity index (χ3n) is 9.02. The third-order valence-corrected chi connectivity index (χ3v) is 9.02. The first kappa shape index (κ1) is 40.5. The molecule has 4 aliphatic heterocycles. The van der Waals surface area contributed by atoms with Gasteiger partial charge in [-0.1, -0.05) is 0 Å². The molecule has 4 fully saturated rings. The molecule has 49 heavy (non-hydrogen) atoms. The zero-order valence-electron chi connectivity index (χ0n) is 27.0. The van der Waals surface area contributed by atoms with E-state index in [2.05, 4.69) is 5.32 Å². The van der Waals surface area contributed by atoms with E-state index in [0.29, 0.717) is 0 Å². The van der Waals surface area contributed by atoms with Gasteiger partial charge >= 0.3 is 0 Å². The number of aliphatic hydroxyl groups excluding tert-OH is 11. The number of ether oxygens (including phenoxy) is 8. The van der Waals surface area contributed by atoms with Gasteiger partial charge in [0.1, 0.15) is 97.6 Å². The van der Waals surface area contributed by atoms with Gasteiger partial charge in [-0.3, -0.25) is 4.79 Å². The molecule has 4 aliphatic rings. The molecule has 0 aromatic carbocycles. The van der Waals surface area contributed by atoms with Gasteiger partial charge in [-0.15, -0.1) is 0 Å². The van der Waals surface area contributed by atoms with Crippen molar-refractivity contribution in [1.29, 1.82) is 0 Å². The Balaban J connectivity index is 1.57. The maximum Gasteiger partial charge on any atom is 0.217 e. The van der Waals surface area contributed by atoms with E-state index >= 15 is 0 Å². The van der Waals surface area contributed by atoms with Gasteiger partial charge in [0.2, 0.25) is 5.91 Å². The number of hydrogen-bond acceptors (Lipinski definition) is 20. The average molecular weight is 720 g/mol. The highest BCUT2D eigenvalue weighted by atomic mass is 16.8. The number of rotatable bonds is 12. The molecule has 21 heteroatoms. The molecular weight excluding hydrogens is 670 g/mol. The molecule has 0 aliphatic carbocycles. The molecule has 20 atom stereocenters. The topological polar surface area (TPSA) is 325 Å². The van der Waals surface area contributed by atoms with Crippen molar-refractivity contribution in [1.82, 2.24) is 5.32 Å². The minimum Gasteiger partial charge on any atom is -0.394 e. The highest BCUT2D eigenvalue weighted by Gasteiger charge is 2.55. The maximum atomic E-state index is 12.2. The van der Waals surface area contributed by atoms with Crippen LogP contribution < -0.4 is 5.32 Å². The van der Waals surface area contributed by atoms with Crippen molar-refractivity contribution < 1.29 is 98.9 Å². The minimum absolute atomic E-state index is 0.280. The Labute approximate surface area is 280 Å². The largest absolute Gasteiger partial charge is 0.394 e. The molecule has 4 saturated heterocycles. The fraction of sp³-hybridized carbons (Fsp3) is 0.964. The summed E-state index contributed by atoms with van der Waals surface area (Å²) in [4.78, 5) is 12.2. The Morgan fingerprint density at radius 2 is 1.08 bits per heavy atom. The Bertz CT molecular complexity index is 1040. The monoisotopic (exact) mass is 719 g/mol. The lowest BCUT2D eigenvalue weighted by atomic mass is 9.94. The lowest BCUT2D eigenvalue weighted by molar-refractivity contribution is -0.376. The molecular formula is C28H49NO20. The molecule has 0 saturated carbocycles. The lowest BCUT2D eigenvalue weighted by Crippen LogP contribution is -2.69. The Morgan fingerprint density at radius 3 is 1.65 bits per heavy atom. The maximum absolute atomic E-state index is 12.2. The first-order valence-corrected chi connectivity index (χ1v) is 15.8. The van der Waals surface area contributed by atoms with Crippen LogP contribution in [0.25, 0.3) is 0 Å². The van der Waals surface area contributed by atoms with Crippen LogP contribution >= 0.6 is 0 Å². The van der Waals surface area contributed by atoms with Crippen LogP contribution in [0, 0.1) is 0 Å². The van der Waals surface area contributed by atoms with Gasteiger partial charge in [-0.25, -0.2) is 0 Å². The van der Waals surface area contributed by atoms with Crippen molar-refractivity contribution in [3.8, 4) is 0 Å². The van der Waals surface area contributed by atoms with E-state index in [1.807, 2.05) is 0 Å². The summed E-state index contributed by atoms with van der Waals surface area (Å²) in [6.07, 6.45) is -30.0. The summed E-state index contributed by atoms with van der Waals surface area (Å²) < 4.78 is 44.9. The van der Waals surface area contributed by atoms with E-state index in [1.165, 1.54) is 14.0 Å². The second-order valence-electron chi connectivity index (χ2n) is 12.5. The summed E-state index contributed by atoms with van der Waals surface area (Å²) in [5.41, 5.74) is 0. The number of hydrogen-bond donors (Lipinski definition) is 12. The first-order valence-electron chi connectivity index (χ1n) is 15.8. The molecule has 0 spiro atoms. The van der Waals surface area contributed by atoms with Crippen molar-refractivity contribution in [3.63, 3.8) is 0 Å². The molecule has 4 rings (SSSR count). The van der Waals surface area contributed by atoms with Crippen molar-refractivity contribution in [3.05, 3.63) is 0 Å². The van der Waals surface area contributed by atoms with Gasteiger partial charge in [-0.05, 0) is 6.92 Å². The van der Waals surface area contributed by atoms with E-state index in [4.69, 9.17) is 37.9 Å². The normalized spacial score (nSPS) is 49.4. The molecule has 4 heterocycles. The Hall–Kier alpha value is -1.29. The quantitative estimate of drug-likeness (QED) is 0.0891. The van der Waals surface area contributed by atoms with E-state index in [0.717, 1.165) is 6.92 Å². The van der Waals surface area contributed by atoms with Gasteiger partial charge in [0, 0.05) is 14.0 Å². The van der Waals surface area contributed by atoms with Gasteiger partial charge in [0.15, 0.2) is 18.9 Å². The molecule has 21 nitrogen and oxygen atoms in total. The van der Waals surface area contributed by atoms with E-state index in [1.54, 1.807) is 0 Å². The van der Waals surface area contributed by atoms with Crippen LogP contribution in [0.2, 0.25) is 0 Å². The summed E-state index contributed by atoms with van der Waals surface area (Å²) in [6.45, 7) is -0.0104. The van der Waals surface area contributed by atoms with Crippen LogP contribution in [0.3, 0.4) is 0 Å². The smallest absolute Gasteiger partial charge is 0.217 e. The second kappa shape index (κ2) is 17.5. The van der Waals surface area contributed by atoms with E-state index in [9.17, 15) is 61.0 Å². The van der Waals surface area contributed by atoms with Crippen LogP contribution in [0.4, 0.5) is 0 Å². The highest BCUT2D eigenvalue weighted by Crippen LogP contribution is 2.34. The van der Waals surface area contributed by atoms with E-state index in [-0.39, 0.29) is 6.61 Å². The summed E-state index contributed by atoms with van der Waals surface area (Å²) >= 11 is 0. The van der Waals surface area contributed by atoms with Crippen LogP contribution in [0.1, 0.15) is 13.8 Å². The molecule has 286 valence electrons. The van der Waals surface area contributed by atoms with Crippen LogP contribution in [0.5, 0.6) is 0 Å². The summed E-state index contributed by atoms with van der Waals surface area (Å²) in [7, 11) is 1.29. The van der Waals surface area contributed by atoms with Gasteiger partial charge in [-0.2, -0.15) is 0 Å². The number of methoxy groups -OCH3 is 1.